The summed E-state index contributed by atoms with van der Waals surface area (Å²) < 4.78 is 0. The fraction of sp³-hybridized carbons (Fsp3) is 0.500. The molecule has 0 aromatic heterocycles. The summed E-state index contributed by atoms with van der Waals surface area (Å²) in [6.45, 7) is 3.59. The molecule has 0 aliphatic carbocycles. The van der Waals surface area contributed by atoms with E-state index in [0.717, 1.165) is 5.56 Å². The van der Waals surface area contributed by atoms with Crippen molar-refractivity contribution < 1.29 is 9.90 Å². The lowest BCUT2D eigenvalue weighted by Gasteiger charge is -2.21. The van der Waals surface area contributed by atoms with Gasteiger partial charge in [0, 0.05) is 20.1 Å². The summed E-state index contributed by atoms with van der Waals surface area (Å²) in [4.78, 5) is 15.4. The molecule has 0 atom stereocenters. The summed E-state index contributed by atoms with van der Waals surface area (Å²) in [5, 5.41) is 8.78. The van der Waals surface area contributed by atoms with Gasteiger partial charge in [0.05, 0.1) is 13.2 Å². The predicted molar refractivity (Wildman–Crippen MR) is 72.2 cm³/mol. The van der Waals surface area contributed by atoms with Gasteiger partial charge >= 0.3 is 0 Å². The van der Waals surface area contributed by atoms with E-state index in [-0.39, 0.29) is 12.5 Å². The molecule has 0 aliphatic heterocycles. The Labute approximate surface area is 109 Å². The van der Waals surface area contributed by atoms with Crippen molar-refractivity contribution in [2.24, 2.45) is 0 Å². The van der Waals surface area contributed by atoms with E-state index in [9.17, 15) is 4.79 Å². The number of aryl methyl sites for hydroxylation is 1. The maximum atomic E-state index is 11.9. The van der Waals surface area contributed by atoms with Crippen molar-refractivity contribution in [3.05, 3.63) is 35.4 Å². The number of carbonyl (C=O) groups excluding carboxylic acids is 1. The van der Waals surface area contributed by atoms with Crippen molar-refractivity contribution in [3.8, 4) is 0 Å². The van der Waals surface area contributed by atoms with Crippen LogP contribution in [0.3, 0.4) is 0 Å². The molecule has 4 heteroatoms. The average molecular weight is 250 g/mol. The molecule has 0 saturated heterocycles. The fourth-order valence-corrected chi connectivity index (χ4v) is 1.66. The lowest BCUT2D eigenvalue weighted by atomic mass is 10.1. The van der Waals surface area contributed by atoms with Crippen molar-refractivity contribution in [1.29, 1.82) is 0 Å². The molecule has 0 radical (unpaired) electrons. The second kappa shape index (κ2) is 7.13. The Hall–Kier alpha value is -1.39. The van der Waals surface area contributed by atoms with Gasteiger partial charge in [0.1, 0.15) is 0 Å². The van der Waals surface area contributed by atoms with E-state index in [1.807, 2.05) is 43.1 Å². The maximum Gasteiger partial charge on any atom is 0.236 e. The highest BCUT2D eigenvalue weighted by atomic mass is 16.3. The van der Waals surface area contributed by atoms with Crippen LogP contribution in [0.5, 0.6) is 0 Å². The van der Waals surface area contributed by atoms with E-state index in [0.29, 0.717) is 19.6 Å². The molecule has 0 spiro atoms. The van der Waals surface area contributed by atoms with Crippen molar-refractivity contribution >= 4 is 5.91 Å². The lowest BCUT2D eigenvalue weighted by Crippen LogP contribution is -2.37. The van der Waals surface area contributed by atoms with E-state index in [2.05, 4.69) is 0 Å². The minimum Gasteiger partial charge on any atom is -0.395 e. The zero-order valence-corrected chi connectivity index (χ0v) is 11.4. The van der Waals surface area contributed by atoms with E-state index in [1.165, 1.54) is 5.56 Å². The smallest absolute Gasteiger partial charge is 0.236 e. The molecular formula is C14H22N2O2. The van der Waals surface area contributed by atoms with Gasteiger partial charge in [-0.15, -0.1) is 0 Å². The molecule has 1 N–H and O–H groups in total. The van der Waals surface area contributed by atoms with Crippen LogP contribution in [0.1, 0.15) is 11.1 Å². The first-order valence-corrected chi connectivity index (χ1v) is 6.12. The number of hydrogen-bond acceptors (Lipinski definition) is 3. The van der Waals surface area contributed by atoms with Gasteiger partial charge in [-0.1, -0.05) is 29.8 Å². The van der Waals surface area contributed by atoms with Crippen LogP contribution in [0, 0.1) is 6.92 Å². The zero-order chi connectivity index (χ0) is 13.5. The standard InChI is InChI=1S/C14H22N2O2/c1-12-4-6-13(7-5-12)10-16(3)14(18)11-15(2)8-9-17/h4-7,17H,8-11H2,1-3H3. The Morgan fingerprint density at radius 3 is 2.39 bits per heavy atom. The molecule has 0 bridgehead atoms. The third kappa shape index (κ3) is 4.85. The molecule has 1 aromatic rings. The van der Waals surface area contributed by atoms with Crippen LogP contribution >= 0.6 is 0 Å². The van der Waals surface area contributed by atoms with Gasteiger partial charge in [-0.05, 0) is 19.5 Å². The molecule has 4 nitrogen and oxygen atoms in total. The second-order valence-corrected chi connectivity index (χ2v) is 4.70. The van der Waals surface area contributed by atoms with E-state index < -0.39 is 0 Å². The molecule has 18 heavy (non-hydrogen) atoms. The van der Waals surface area contributed by atoms with Gasteiger partial charge in [0.2, 0.25) is 5.91 Å². The molecular weight excluding hydrogens is 228 g/mol. The van der Waals surface area contributed by atoms with Crippen molar-refractivity contribution in [3.63, 3.8) is 0 Å². The molecule has 100 valence electrons. The maximum absolute atomic E-state index is 11.9. The summed E-state index contributed by atoms with van der Waals surface area (Å²) in [6, 6.07) is 8.17. The van der Waals surface area contributed by atoms with Crippen molar-refractivity contribution in [2.45, 2.75) is 13.5 Å². The Morgan fingerprint density at radius 2 is 1.83 bits per heavy atom. The number of benzene rings is 1. The van der Waals surface area contributed by atoms with Gasteiger partial charge in [-0.25, -0.2) is 0 Å². The highest BCUT2D eigenvalue weighted by molar-refractivity contribution is 5.77. The van der Waals surface area contributed by atoms with E-state index >= 15 is 0 Å². The summed E-state index contributed by atoms with van der Waals surface area (Å²) in [5.74, 6) is 0.0616. The first-order valence-electron chi connectivity index (χ1n) is 6.12. The number of carbonyl (C=O) groups is 1. The summed E-state index contributed by atoms with van der Waals surface area (Å²) >= 11 is 0. The minimum absolute atomic E-state index is 0.0616. The third-order valence-electron chi connectivity index (χ3n) is 2.85. The van der Waals surface area contributed by atoms with Crippen molar-refractivity contribution in [2.75, 3.05) is 33.8 Å². The number of aliphatic hydroxyl groups excluding tert-OH is 1. The van der Waals surface area contributed by atoms with Crippen LogP contribution in [0.25, 0.3) is 0 Å². The Balaban J connectivity index is 2.46. The number of amides is 1. The molecule has 1 rings (SSSR count). The Morgan fingerprint density at radius 1 is 1.22 bits per heavy atom. The topological polar surface area (TPSA) is 43.8 Å². The molecule has 0 aliphatic rings. The van der Waals surface area contributed by atoms with Crippen LogP contribution in [0.4, 0.5) is 0 Å². The number of likely N-dealkylation sites (N-methyl/N-ethyl adjacent to an activating group) is 2. The monoisotopic (exact) mass is 250 g/mol. The second-order valence-electron chi connectivity index (χ2n) is 4.70. The largest absolute Gasteiger partial charge is 0.395 e. The van der Waals surface area contributed by atoms with Crippen LogP contribution in [-0.2, 0) is 11.3 Å². The summed E-state index contributed by atoms with van der Waals surface area (Å²) in [6.07, 6.45) is 0. The Bertz CT molecular complexity index is 376. The number of aliphatic hydroxyl groups is 1. The minimum atomic E-state index is 0.0616. The van der Waals surface area contributed by atoms with Gasteiger partial charge in [-0.3, -0.25) is 9.69 Å². The molecule has 1 amide bonds. The van der Waals surface area contributed by atoms with Crippen LogP contribution in [-0.4, -0.2) is 54.6 Å². The zero-order valence-electron chi connectivity index (χ0n) is 11.4. The molecule has 1 aromatic carbocycles. The molecule has 0 fully saturated rings. The van der Waals surface area contributed by atoms with E-state index in [4.69, 9.17) is 5.11 Å². The summed E-state index contributed by atoms with van der Waals surface area (Å²) in [5.41, 5.74) is 2.34. The SMILES string of the molecule is Cc1ccc(CN(C)C(=O)CN(C)CCO)cc1. The van der Waals surface area contributed by atoms with Crippen molar-refractivity contribution in [1.82, 2.24) is 9.80 Å². The predicted octanol–water partition coefficient (Wildman–Crippen LogP) is 0.878. The van der Waals surface area contributed by atoms with Crippen LogP contribution in [0.2, 0.25) is 0 Å². The van der Waals surface area contributed by atoms with Gasteiger partial charge < -0.3 is 10.0 Å². The van der Waals surface area contributed by atoms with Crippen LogP contribution < -0.4 is 0 Å². The average Bonchev–Trinajstić information content (AvgIpc) is 2.32. The highest BCUT2D eigenvalue weighted by Crippen LogP contribution is 2.06. The van der Waals surface area contributed by atoms with Gasteiger partial charge in [-0.2, -0.15) is 0 Å². The number of rotatable bonds is 6. The first-order chi connectivity index (χ1) is 8.52. The van der Waals surface area contributed by atoms with Gasteiger partial charge in [0.15, 0.2) is 0 Å². The van der Waals surface area contributed by atoms with Gasteiger partial charge in [0.25, 0.3) is 0 Å². The first kappa shape index (κ1) is 14.7. The fourth-order valence-electron chi connectivity index (χ4n) is 1.66. The quantitative estimate of drug-likeness (QED) is 0.815. The third-order valence-corrected chi connectivity index (χ3v) is 2.85. The highest BCUT2D eigenvalue weighted by Gasteiger charge is 2.11. The summed E-state index contributed by atoms with van der Waals surface area (Å²) in [7, 11) is 3.63. The molecule has 0 heterocycles. The van der Waals surface area contributed by atoms with E-state index in [1.54, 1.807) is 11.9 Å². The lowest BCUT2D eigenvalue weighted by molar-refractivity contribution is -0.131. The molecule has 0 unspecified atom stereocenters. The number of nitrogens with zero attached hydrogens (tertiary/aromatic N) is 2. The molecule has 0 saturated carbocycles. The Kier molecular flexibility index (Phi) is 5.82. The number of hydrogen-bond donors (Lipinski definition) is 1. The normalized spacial score (nSPS) is 10.7. The van der Waals surface area contributed by atoms with Crippen LogP contribution in [0.15, 0.2) is 24.3 Å².